The molecule has 1 saturated heterocycles. The number of aryl methyl sites for hydroxylation is 1. The van der Waals surface area contributed by atoms with E-state index in [9.17, 15) is 4.79 Å². The molecule has 0 aliphatic carbocycles. The highest BCUT2D eigenvalue weighted by atomic mass is 16.2. The number of hydrogen-bond donors (Lipinski definition) is 2. The largest absolute Gasteiger partial charge is 0.365 e. The van der Waals surface area contributed by atoms with Crippen molar-refractivity contribution in [3.63, 3.8) is 0 Å². The maximum Gasteiger partial charge on any atom is 0.246 e. The summed E-state index contributed by atoms with van der Waals surface area (Å²) in [5, 5.41) is 6.67. The Morgan fingerprint density at radius 3 is 2.85 bits per heavy atom. The summed E-state index contributed by atoms with van der Waals surface area (Å²) in [4.78, 5) is 22.6. The van der Waals surface area contributed by atoms with Crippen molar-refractivity contribution in [2.24, 2.45) is 0 Å². The Labute approximate surface area is 156 Å². The molecule has 6 nitrogen and oxygen atoms in total. The van der Waals surface area contributed by atoms with Crippen molar-refractivity contribution >= 4 is 31.8 Å². The van der Waals surface area contributed by atoms with E-state index in [4.69, 9.17) is 0 Å². The van der Waals surface area contributed by atoms with E-state index < -0.39 is 0 Å². The first-order valence-electron chi connectivity index (χ1n) is 8.49. The van der Waals surface area contributed by atoms with Crippen molar-refractivity contribution in [1.29, 1.82) is 0 Å². The number of carbonyl (C=O) groups excluding carboxylic acids is 1. The van der Waals surface area contributed by atoms with Gasteiger partial charge in [-0.3, -0.25) is 4.79 Å². The first-order chi connectivity index (χ1) is 12.2. The van der Waals surface area contributed by atoms with E-state index in [1.165, 1.54) is 6.08 Å². The summed E-state index contributed by atoms with van der Waals surface area (Å²) in [5.74, 6) is 1.33. The van der Waals surface area contributed by atoms with Crippen LogP contribution in [0.5, 0.6) is 0 Å². The van der Waals surface area contributed by atoms with Crippen LogP contribution in [0, 0.1) is 6.92 Å². The van der Waals surface area contributed by atoms with Gasteiger partial charge in [-0.05, 0) is 38.0 Å². The maximum atomic E-state index is 11.8. The number of hydrogen-bond acceptors (Lipinski definition) is 5. The third-order valence-electron chi connectivity index (χ3n) is 4.25. The van der Waals surface area contributed by atoms with Crippen molar-refractivity contribution < 1.29 is 4.79 Å². The monoisotopic (exact) mass is 348 g/mol. The molecule has 1 aliphatic heterocycles. The average Bonchev–Trinajstić information content (AvgIpc) is 2.65. The fourth-order valence-electron chi connectivity index (χ4n) is 2.92. The lowest BCUT2D eigenvalue weighted by atomic mass is 10.1. The number of likely N-dealkylation sites (tertiary alicyclic amines) is 1. The normalized spacial score (nSPS) is 16.3. The zero-order valence-electron chi connectivity index (χ0n) is 15.0. The van der Waals surface area contributed by atoms with Crippen molar-refractivity contribution in [1.82, 2.24) is 14.9 Å². The lowest BCUT2D eigenvalue weighted by Crippen LogP contribution is -2.44. The van der Waals surface area contributed by atoms with Crippen molar-refractivity contribution in [2.75, 3.05) is 23.7 Å². The maximum absolute atomic E-state index is 11.8. The molecule has 26 heavy (non-hydrogen) atoms. The smallest absolute Gasteiger partial charge is 0.246 e. The van der Waals surface area contributed by atoms with Gasteiger partial charge in [-0.25, -0.2) is 4.98 Å². The zero-order valence-corrected chi connectivity index (χ0v) is 15.0. The van der Waals surface area contributed by atoms with Crippen LogP contribution in [0.15, 0.2) is 49.2 Å². The molecular formula is C19H23BN5O. The zero-order chi connectivity index (χ0) is 17.6. The van der Waals surface area contributed by atoms with Crippen molar-refractivity contribution in [3.05, 3.63) is 54.7 Å². The number of carbonyl (C=O) groups is 1. The molecule has 1 amide bonds. The quantitative estimate of drug-likeness (QED) is 0.642. The van der Waals surface area contributed by atoms with E-state index in [2.05, 4.69) is 27.2 Å². The fraction of sp³-hybridized carbons (Fsp3) is 0.316. The predicted molar refractivity (Wildman–Crippen MR) is 106 cm³/mol. The van der Waals surface area contributed by atoms with Crippen LogP contribution in [0.4, 0.5) is 17.5 Å². The van der Waals surface area contributed by atoms with E-state index in [0.29, 0.717) is 12.5 Å². The molecule has 1 unspecified atom stereocenters. The number of piperidine rings is 1. The standard InChI is InChI=1S/C19H23N5O.B/c1-3-17(25)24-11-7-10-16(13-24)21-18-14(2)12-20-19(23-18)22-15-8-5-4-6-9-15;/h3-6,8-9,12,16H,1,7,10-11,13H2,2H3,(H2,20,21,22,23);. The average molecular weight is 348 g/mol. The van der Waals surface area contributed by atoms with Gasteiger partial charge in [0, 0.05) is 45.0 Å². The fourth-order valence-corrected chi connectivity index (χ4v) is 2.92. The van der Waals surface area contributed by atoms with Crippen LogP contribution in [0.25, 0.3) is 0 Å². The van der Waals surface area contributed by atoms with Crippen LogP contribution in [0.1, 0.15) is 18.4 Å². The predicted octanol–water partition coefficient (Wildman–Crippen LogP) is 2.74. The molecule has 0 bridgehead atoms. The lowest BCUT2D eigenvalue weighted by Gasteiger charge is -2.33. The number of para-hydroxylation sites is 1. The van der Waals surface area contributed by atoms with Gasteiger partial charge in [0.15, 0.2) is 0 Å². The minimum atomic E-state index is -0.0163. The number of benzene rings is 1. The minimum Gasteiger partial charge on any atom is -0.365 e. The number of nitrogens with one attached hydrogen (secondary N) is 2. The lowest BCUT2D eigenvalue weighted by molar-refractivity contribution is -0.127. The Morgan fingerprint density at radius 1 is 1.35 bits per heavy atom. The molecular weight excluding hydrogens is 325 g/mol. The number of nitrogens with zero attached hydrogens (tertiary/aromatic N) is 3. The van der Waals surface area contributed by atoms with Crippen LogP contribution < -0.4 is 10.6 Å². The molecule has 0 saturated carbocycles. The molecule has 1 aromatic heterocycles. The van der Waals surface area contributed by atoms with E-state index >= 15 is 0 Å². The molecule has 1 fully saturated rings. The SMILES string of the molecule is C=CC(=O)N1CCCC(Nc2nc(Nc3ccccc3)ncc2C)C1.[B]. The first kappa shape index (κ1) is 19.5. The van der Waals surface area contributed by atoms with Gasteiger partial charge in [0.05, 0.1) is 0 Å². The second-order valence-electron chi connectivity index (χ2n) is 6.19. The Morgan fingerprint density at radius 2 is 2.12 bits per heavy atom. The number of rotatable bonds is 5. The van der Waals surface area contributed by atoms with E-state index in [1.807, 2.05) is 42.2 Å². The van der Waals surface area contributed by atoms with Gasteiger partial charge in [0.1, 0.15) is 5.82 Å². The summed E-state index contributed by atoms with van der Waals surface area (Å²) in [6.07, 6.45) is 5.15. The highest BCUT2D eigenvalue weighted by molar-refractivity contribution is 5.87. The number of aromatic nitrogens is 2. The van der Waals surface area contributed by atoms with E-state index in [1.54, 1.807) is 6.20 Å². The Hall–Kier alpha value is -2.83. The van der Waals surface area contributed by atoms with E-state index in [0.717, 1.165) is 36.5 Å². The van der Waals surface area contributed by atoms with Gasteiger partial charge < -0.3 is 15.5 Å². The molecule has 3 radical (unpaired) electrons. The molecule has 7 heteroatoms. The second-order valence-corrected chi connectivity index (χ2v) is 6.19. The van der Waals surface area contributed by atoms with Crippen LogP contribution in [0.2, 0.25) is 0 Å². The van der Waals surface area contributed by atoms with Crippen molar-refractivity contribution in [3.8, 4) is 0 Å². The van der Waals surface area contributed by atoms with E-state index in [-0.39, 0.29) is 20.4 Å². The van der Waals surface area contributed by atoms with Gasteiger partial charge in [0.25, 0.3) is 0 Å². The van der Waals surface area contributed by atoms with Gasteiger partial charge in [-0.2, -0.15) is 4.98 Å². The molecule has 2 N–H and O–H groups in total. The summed E-state index contributed by atoms with van der Waals surface area (Å²) in [5.41, 5.74) is 1.92. The Balaban J connectivity index is 0.00000243. The van der Waals surface area contributed by atoms with Crippen LogP contribution >= 0.6 is 0 Å². The third-order valence-corrected chi connectivity index (χ3v) is 4.25. The first-order valence-corrected chi connectivity index (χ1v) is 8.49. The van der Waals surface area contributed by atoms with Gasteiger partial charge in [-0.15, -0.1) is 0 Å². The molecule has 2 heterocycles. The Bertz CT molecular complexity index is 753. The highest BCUT2D eigenvalue weighted by Crippen LogP contribution is 2.20. The van der Waals surface area contributed by atoms with Crippen molar-refractivity contribution in [2.45, 2.75) is 25.8 Å². The van der Waals surface area contributed by atoms with Gasteiger partial charge >= 0.3 is 0 Å². The van der Waals surface area contributed by atoms with Gasteiger partial charge in [-0.1, -0.05) is 24.8 Å². The minimum absolute atomic E-state index is 0. The van der Waals surface area contributed by atoms with Crippen LogP contribution in [-0.2, 0) is 4.79 Å². The number of amides is 1. The van der Waals surface area contributed by atoms with Crippen LogP contribution in [-0.4, -0.2) is 48.3 Å². The highest BCUT2D eigenvalue weighted by Gasteiger charge is 2.22. The molecule has 3 rings (SSSR count). The molecule has 133 valence electrons. The summed E-state index contributed by atoms with van der Waals surface area (Å²) in [6, 6.07) is 10.0. The molecule has 1 atom stereocenters. The molecule has 0 spiro atoms. The molecule has 1 aliphatic rings. The number of anilines is 3. The Kier molecular flexibility index (Phi) is 6.78. The second kappa shape index (κ2) is 9.03. The summed E-state index contributed by atoms with van der Waals surface area (Å²) in [7, 11) is 0. The third kappa shape index (κ3) is 4.85. The summed E-state index contributed by atoms with van der Waals surface area (Å²) < 4.78 is 0. The summed E-state index contributed by atoms with van der Waals surface area (Å²) >= 11 is 0. The summed E-state index contributed by atoms with van der Waals surface area (Å²) in [6.45, 7) is 6.99. The molecule has 1 aromatic carbocycles. The topological polar surface area (TPSA) is 70.2 Å². The van der Waals surface area contributed by atoms with Gasteiger partial charge in [0.2, 0.25) is 11.9 Å². The molecule has 2 aromatic rings. The van der Waals surface area contributed by atoms with Crippen LogP contribution in [0.3, 0.4) is 0 Å².